The maximum Gasteiger partial charge on any atom is 0.154 e. The van der Waals surface area contributed by atoms with Crippen molar-refractivity contribution in [3.63, 3.8) is 0 Å². The summed E-state index contributed by atoms with van der Waals surface area (Å²) in [6, 6.07) is 20.1. The minimum Gasteiger partial charge on any atom is -0.720 e. The van der Waals surface area contributed by atoms with E-state index in [1.54, 1.807) is 32.4 Å². The summed E-state index contributed by atoms with van der Waals surface area (Å²) in [5.74, 6) is 0.235. The maximum absolute atomic E-state index is 12.5. The molecular weight excluding hydrogens is 636 g/mol. The van der Waals surface area contributed by atoms with Gasteiger partial charge in [0.1, 0.15) is 11.6 Å². The SMILES string of the molecule is CNc1ccc(-c2cc(-c3ccnc(C)c3)cnc2N)cc1.C[N-]/C=N\[N-]C.O=C/C(C=NCc1ccc(F)cc1)=C\O.[Y]. The number of carbonyl (C=O) groups is 1. The zero-order valence-electron chi connectivity index (χ0n) is 25.1. The Kier molecular flexibility index (Phi) is 18.1. The number of halogens is 1. The van der Waals surface area contributed by atoms with E-state index >= 15 is 0 Å². The number of nitrogens with zero attached hydrogens (tertiary/aromatic N) is 6. The van der Waals surface area contributed by atoms with E-state index in [4.69, 9.17) is 10.8 Å². The van der Waals surface area contributed by atoms with Gasteiger partial charge in [0, 0.05) is 80.9 Å². The molecule has 12 heteroatoms. The van der Waals surface area contributed by atoms with E-state index in [1.807, 2.05) is 56.6 Å². The second kappa shape index (κ2) is 21.2. The minimum atomic E-state index is -0.299. The number of hydrogen-bond acceptors (Lipinski definition) is 8. The number of aromatic nitrogens is 2. The van der Waals surface area contributed by atoms with Crippen molar-refractivity contribution in [1.29, 1.82) is 0 Å². The van der Waals surface area contributed by atoms with Gasteiger partial charge in [0.2, 0.25) is 0 Å². The van der Waals surface area contributed by atoms with E-state index < -0.39 is 0 Å². The molecule has 0 aliphatic rings. The fourth-order valence-corrected chi connectivity index (χ4v) is 3.45. The molecule has 0 fully saturated rings. The zero-order chi connectivity index (χ0) is 31.5. The molecule has 0 unspecified atom stereocenters. The van der Waals surface area contributed by atoms with Crippen molar-refractivity contribution in [1.82, 2.24) is 9.97 Å². The molecule has 2 heterocycles. The van der Waals surface area contributed by atoms with Gasteiger partial charge in [-0.15, -0.1) is 13.4 Å². The van der Waals surface area contributed by atoms with Crippen molar-refractivity contribution >= 4 is 30.3 Å². The summed E-state index contributed by atoms with van der Waals surface area (Å²) in [6.45, 7) is 2.32. The van der Waals surface area contributed by atoms with Crippen molar-refractivity contribution < 1.29 is 47.0 Å². The van der Waals surface area contributed by atoms with E-state index in [0.717, 1.165) is 39.2 Å². The number of allylic oxidation sites excluding steroid dienone is 1. The number of aryl methyl sites for hydroxylation is 1. The Morgan fingerprint density at radius 1 is 1.02 bits per heavy atom. The first-order valence-corrected chi connectivity index (χ1v) is 13.0. The number of anilines is 2. The van der Waals surface area contributed by atoms with E-state index in [1.165, 1.54) is 24.7 Å². The molecular formula is C32H35FN8O2Y-2. The summed E-state index contributed by atoms with van der Waals surface area (Å²) in [5, 5.41) is 18.6. The number of pyridine rings is 2. The molecule has 0 spiro atoms. The average molecular weight is 672 g/mol. The smallest absolute Gasteiger partial charge is 0.154 e. The van der Waals surface area contributed by atoms with Crippen LogP contribution in [0.25, 0.3) is 33.0 Å². The molecule has 2 aromatic heterocycles. The molecule has 2 aromatic carbocycles. The van der Waals surface area contributed by atoms with Gasteiger partial charge in [-0.1, -0.05) is 31.3 Å². The topological polar surface area (TPSA) is 154 Å². The first kappa shape index (κ1) is 37.5. The van der Waals surface area contributed by atoms with Crippen LogP contribution < -0.4 is 11.1 Å². The number of rotatable bonds is 9. The summed E-state index contributed by atoms with van der Waals surface area (Å²) in [6.07, 6.45) is 7.43. The molecule has 4 N–H and O–H groups in total. The van der Waals surface area contributed by atoms with Crippen LogP contribution in [0, 0.1) is 12.7 Å². The van der Waals surface area contributed by atoms with Crippen LogP contribution in [0.15, 0.2) is 101 Å². The number of benzene rings is 2. The Hall–Kier alpha value is -4.48. The summed E-state index contributed by atoms with van der Waals surface area (Å²) in [7, 11) is 5.15. The quantitative estimate of drug-likeness (QED) is 0.0449. The van der Waals surface area contributed by atoms with Crippen molar-refractivity contribution in [2.75, 3.05) is 32.2 Å². The zero-order valence-corrected chi connectivity index (χ0v) is 27.9. The number of aliphatic hydroxyl groups is 1. The molecule has 1 radical (unpaired) electrons. The third-order valence-electron chi connectivity index (χ3n) is 5.63. The van der Waals surface area contributed by atoms with Gasteiger partial charge >= 0.3 is 0 Å². The largest absolute Gasteiger partial charge is 0.720 e. The Morgan fingerprint density at radius 2 is 1.73 bits per heavy atom. The summed E-state index contributed by atoms with van der Waals surface area (Å²) < 4.78 is 12.5. The molecule has 0 amide bonds. The van der Waals surface area contributed by atoms with E-state index in [9.17, 15) is 9.18 Å². The van der Waals surface area contributed by atoms with Gasteiger partial charge in [-0.25, -0.2) is 9.37 Å². The molecule has 0 saturated heterocycles. The molecule has 0 aliphatic heterocycles. The number of aldehydes is 1. The van der Waals surface area contributed by atoms with Gasteiger partial charge in [0.15, 0.2) is 6.29 Å². The minimum absolute atomic E-state index is 0. The van der Waals surface area contributed by atoms with Gasteiger partial charge in [0.25, 0.3) is 0 Å². The normalized spacial score (nSPS) is 10.5. The van der Waals surface area contributed by atoms with Crippen LogP contribution in [-0.4, -0.2) is 55.1 Å². The van der Waals surface area contributed by atoms with Gasteiger partial charge in [-0.05, 0) is 66.1 Å². The molecule has 227 valence electrons. The third kappa shape index (κ3) is 13.2. The average Bonchev–Trinajstić information content (AvgIpc) is 3.04. The summed E-state index contributed by atoms with van der Waals surface area (Å²) >= 11 is 0. The maximum atomic E-state index is 12.5. The number of carbonyl (C=O) groups excluding carboxylic acids is 1. The van der Waals surface area contributed by atoms with Crippen LogP contribution in [-0.2, 0) is 44.0 Å². The Labute approximate surface area is 282 Å². The Bertz CT molecular complexity index is 1510. The van der Waals surface area contributed by atoms with Gasteiger partial charge < -0.3 is 32.0 Å². The first-order valence-electron chi connectivity index (χ1n) is 13.0. The van der Waals surface area contributed by atoms with Crippen molar-refractivity contribution in [2.45, 2.75) is 13.5 Å². The fraction of sp³-hybridized carbons (Fsp3) is 0.156. The molecule has 4 rings (SSSR count). The monoisotopic (exact) mass is 671 g/mol. The van der Waals surface area contributed by atoms with Crippen LogP contribution in [0.3, 0.4) is 0 Å². The Morgan fingerprint density at radius 3 is 2.27 bits per heavy atom. The van der Waals surface area contributed by atoms with Crippen LogP contribution in [0.2, 0.25) is 0 Å². The standard InChI is InChI=1S/C18H18N4.C11H10FNO2.C3H7N3.Y/c1-12-9-14(7-8-21-12)15-10-17(18(19)22-11-15)13-3-5-16(20-2)6-4-13;12-11-3-1-9(2-4-11)5-13-6-10(7-14)8-15;1-4-3-6-5-2;/h3-11,20H,1-2H3,(H2,19,22);1-4,6-8,14H,5H2;3H,1-2H3;/q;;-2;/b;10-7-,13-6?;;. The predicted octanol–water partition coefficient (Wildman–Crippen LogP) is 6.71. The summed E-state index contributed by atoms with van der Waals surface area (Å²) in [5.41, 5.74) is 16.6. The number of aliphatic imine (C=N–C) groups is 1. The molecule has 10 nitrogen and oxygen atoms in total. The van der Waals surface area contributed by atoms with Crippen molar-refractivity contribution in [2.24, 2.45) is 10.1 Å². The van der Waals surface area contributed by atoms with Crippen molar-refractivity contribution in [3.05, 3.63) is 119 Å². The second-order valence-corrected chi connectivity index (χ2v) is 8.70. The molecule has 0 atom stereocenters. The van der Waals surface area contributed by atoms with Gasteiger partial charge in [0.05, 0.1) is 18.4 Å². The summed E-state index contributed by atoms with van der Waals surface area (Å²) in [4.78, 5) is 22.7. The second-order valence-electron chi connectivity index (χ2n) is 8.70. The number of nitrogens with one attached hydrogen (secondary N) is 1. The van der Waals surface area contributed by atoms with Crippen LogP contribution in [0.5, 0.6) is 0 Å². The van der Waals surface area contributed by atoms with E-state index in [0.29, 0.717) is 24.9 Å². The molecule has 4 aromatic rings. The molecule has 44 heavy (non-hydrogen) atoms. The van der Waals surface area contributed by atoms with Crippen LogP contribution >= 0.6 is 0 Å². The van der Waals surface area contributed by atoms with Gasteiger partial charge in [-0.3, -0.25) is 14.8 Å². The van der Waals surface area contributed by atoms with Crippen LogP contribution in [0.1, 0.15) is 11.3 Å². The Balaban J connectivity index is 0.000000383. The third-order valence-corrected chi connectivity index (χ3v) is 5.63. The number of nitrogens with two attached hydrogens (primary N) is 1. The molecule has 0 saturated carbocycles. The van der Waals surface area contributed by atoms with E-state index in [-0.39, 0.29) is 44.1 Å². The molecule has 0 aliphatic carbocycles. The predicted molar refractivity (Wildman–Crippen MR) is 174 cm³/mol. The van der Waals surface area contributed by atoms with Crippen molar-refractivity contribution in [3.8, 4) is 22.3 Å². The first-order chi connectivity index (χ1) is 20.8. The van der Waals surface area contributed by atoms with E-state index in [2.05, 4.69) is 42.2 Å². The van der Waals surface area contributed by atoms with Crippen LogP contribution in [0.4, 0.5) is 15.9 Å². The number of aliphatic hydroxyl groups excluding tert-OH is 1. The van der Waals surface area contributed by atoms with Gasteiger partial charge in [-0.2, -0.15) is 0 Å². The number of nitrogen functional groups attached to an aromatic ring is 1. The fourth-order valence-electron chi connectivity index (χ4n) is 3.45. The molecule has 0 bridgehead atoms. The number of hydrogen-bond donors (Lipinski definition) is 3.